The first-order valence-electron chi connectivity index (χ1n) is 12.1. The van der Waals surface area contributed by atoms with Crippen molar-refractivity contribution in [3.8, 4) is 0 Å². The summed E-state index contributed by atoms with van der Waals surface area (Å²) in [6.07, 6.45) is 20.6. The molecule has 0 aliphatic heterocycles. The highest BCUT2D eigenvalue weighted by molar-refractivity contribution is 5.95. The van der Waals surface area contributed by atoms with E-state index >= 15 is 0 Å². The van der Waals surface area contributed by atoms with Gasteiger partial charge in [0.15, 0.2) is 0 Å². The van der Waals surface area contributed by atoms with Crippen LogP contribution in [0.1, 0.15) is 124 Å². The Labute approximate surface area is 179 Å². The standard InChI is InChI=1S/C25H46O4/c1-4-6-8-10-12-14-16-18-20-28-24(26)22-23(3)25(27)29-21-19-17-15-13-11-9-7-5-2/h22H,4-21H2,1-3H3. The van der Waals surface area contributed by atoms with Gasteiger partial charge >= 0.3 is 11.9 Å². The largest absolute Gasteiger partial charge is 0.463 e. The Bertz CT molecular complexity index is 429. The van der Waals surface area contributed by atoms with Crippen LogP contribution in [-0.2, 0) is 19.1 Å². The fraction of sp³-hybridized carbons (Fsp3) is 0.840. The summed E-state index contributed by atoms with van der Waals surface area (Å²) in [6.45, 7) is 6.90. The highest BCUT2D eigenvalue weighted by atomic mass is 16.5. The number of ether oxygens (including phenoxy) is 2. The van der Waals surface area contributed by atoms with Crippen molar-refractivity contribution in [3.63, 3.8) is 0 Å². The topological polar surface area (TPSA) is 52.6 Å². The van der Waals surface area contributed by atoms with E-state index in [0.717, 1.165) is 25.7 Å². The SMILES string of the molecule is CCCCCCCCCCOC(=O)C=C(C)C(=O)OCCCCCCCCCC. The Kier molecular flexibility index (Phi) is 20.4. The van der Waals surface area contributed by atoms with E-state index in [9.17, 15) is 9.59 Å². The van der Waals surface area contributed by atoms with E-state index < -0.39 is 11.9 Å². The van der Waals surface area contributed by atoms with Crippen LogP contribution in [0.4, 0.5) is 0 Å². The summed E-state index contributed by atoms with van der Waals surface area (Å²) in [6, 6.07) is 0. The van der Waals surface area contributed by atoms with Gasteiger partial charge in [0.1, 0.15) is 0 Å². The second-order valence-electron chi connectivity index (χ2n) is 8.08. The molecule has 0 amide bonds. The molecule has 0 rings (SSSR count). The molecule has 4 heteroatoms. The Balaban J connectivity index is 3.63. The van der Waals surface area contributed by atoms with Crippen molar-refractivity contribution in [1.29, 1.82) is 0 Å². The van der Waals surface area contributed by atoms with Gasteiger partial charge in [0, 0.05) is 11.6 Å². The van der Waals surface area contributed by atoms with Gasteiger partial charge in [-0.05, 0) is 19.8 Å². The Hall–Kier alpha value is -1.32. The first kappa shape index (κ1) is 27.7. The number of hydrogen-bond donors (Lipinski definition) is 0. The van der Waals surface area contributed by atoms with Gasteiger partial charge in [0.25, 0.3) is 0 Å². The van der Waals surface area contributed by atoms with Crippen LogP contribution >= 0.6 is 0 Å². The minimum absolute atomic E-state index is 0.311. The lowest BCUT2D eigenvalue weighted by molar-refractivity contribution is -0.141. The van der Waals surface area contributed by atoms with Gasteiger partial charge < -0.3 is 9.47 Å². The highest BCUT2D eigenvalue weighted by Crippen LogP contribution is 2.10. The van der Waals surface area contributed by atoms with Gasteiger partial charge in [0.05, 0.1) is 13.2 Å². The third kappa shape index (κ3) is 19.8. The van der Waals surface area contributed by atoms with E-state index in [0.29, 0.717) is 18.8 Å². The fourth-order valence-corrected chi connectivity index (χ4v) is 3.20. The maximum Gasteiger partial charge on any atom is 0.333 e. The molecule has 0 unspecified atom stereocenters. The molecule has 4 nitrogen and oxygen atoms in total. The van der Waals surface area contributed by atoms with E-state index in [2.05, 4.69) is 13.8 Å². The van der Waals surface area contributed by atoms with Crippen LogP contribution in [0.5, 0.6) is 0 Å². The molecule has 0 heterocycles. The average Bonchev–Trinajstić information content (AvgIpc) is 2.71. The van der Waals surface area contributed by atoms with Gasteiger partial charge in [-0.1, -0.05) is 104 Å². The molecule has 29 heavy (non-hydrogen) atoms. The van der Waals surface area contributed by atoms with Crippen molar-refractivity contribution in [2.24, 2.45) is 0 Å². The van der Waals surface area contributed by atoms with Gasteiger partial charge in [-0.2, -0.15) is 0 Å². The number of carbonyl (C=O) groups is 2. The molecular formula is C25H46O4. The van der Waals surface area contributed by atoms with Crippen molar-refractivity contribution in [1.82, 2.24) is 0 Å². The zero-order valence-electron chi connectivity index (χ0n) is 19.4. The van der Waals surface area contributed by atoms with E-state index in [1.807, 2.05) is 0 Å². The Morgan fingerprint density at radius 2 is 0.966 bits per heavy atom. The minimum Gasteiger partial charge on any atom is -0.463 e. The predicted octanol–water partition coefficient (Wildman–Crippen LogP) is 7.30. The highest BCUT2D eigenvalue weighted by Gasteiger charge is 2.09. The Morgan fingerprint density at radius 1 is 0.586 bits per heavy atom. The van der Waals surface area contributed by atoms with Crippen molar-refractivity contribution in [3.05, 3.63) is 11.6 Å². The zero-order chi connectivity index (χ0) is 21.6. The van der Waals surface area contributed by atoms with Crippen LogP contribution in [0.2, 0.25) is 0 Å². The molecule has 0 aliphatic carbocycles. The first-order chi connectivity index (χ1) is 14.1. The van der Waals surface area contributed by atoms with Crippen molar-refractivity contribution >= 4 is 11.9 Å². The van der Waals surface area contributed by atoms with Crippen LogP contribution in [-0.4, -0.2) is 25.2 Å². The molecule has 0 fully saturated rings. The molecule has 0 atom stereocenters. The number of esters is 2. The lowest BCUT2D eigenvalue weighted by atomic mass is 10.1. The summed E-state index contributed by atoms with van der Waals surface area (Å²) in [5, 5.41) is 0. The van der Waals surface area contributed by atoms with Gasteiger partial charge in [-0.15, -0.1) is 0 Å². The molecule has 0 spiro atoms. The Morgan fingerprint density at radius 3 is 1.41 bits per heavy atom. The minimum atomic E-state index is -0.450. The van der Waals surface area contributed by atoms with Crippen molar-refractivity contribution in [2.45, 2.75) is 124 Å². The monoisotopic (exact) mass is 410 g/mol. The number of hydrogen-bond acceptors (Lipinski definition) is 4. The number of unbranched alkanes of at least 4 members (excludes halogenated alkanes) is 14. The summed E-state index contributed by atoms with van der Waals surface area (Å²) < 4.78 is 10.4. The summed E-state index contributed by atoms with van der Waals surface area (Å²) in [4.78, 5) is 23.7. The molecule has 0 aromatic carbocycles. The van der Waals surface area contributed by atoms with Crippen LogP contribution in [0.3, 0.4) is 0 Å². The van der Waals surface area contributed by atoms with Crippen LogP contribution in [0.15, 0.2) is 11.6 Å². The van der Waals surface area contributed by atoms with E-state index in [1.54, 1.807) is 6.92 Å². The molecule has 0 aliphatic rings. The molecule has 0 N–H and O–H groups in total. The third-order valence-electron chi connectivity index (χ3n) is 5.13. The first-order valence-corrected chi connectivity index (χ1v) is 12.1. The van der Waals surface area contributed by atoms with E-state index in [-0.39, 0.29) is 0 Å². The third-order valence-corrected chi connectivity index (χ3v) is 5.13. The number of carbonyl (C=O) groups excluding carboxylic acids is 2. The average molecular weight is 411 g/mol. The maximum absolute atomic E-state index is 11.9. The molecule has 0 saturated heterocycles. The van der Waals surface area contributed by atoms with Gasteiger partial charge in [0.2, 0.25) is 0 Å². The second-order valence-corrected chi connectivity index (χ2v) is 8.08. The van der Waals surface area contributed by atoms with E-state index in [1.165, 1.54) is 83.1 Å². The lowest BCUT2D eigenvalue weighted by Gasteiger charge is -2.06. The predicted molar refractivity (Wildman–Crippen MR) is 121 cm³/mol. The van der Waals surface area contributed by atoms with Gasteiger partial charge in [-0.3, -0.25) is 0 Å². The molecule has 0 aromatic heterocycles. The molecule has 0 bridgehead atoms. The molecule has 0 radical (unpaired) electrons. The second kappa shape index (κ2) is 21.4. The molecule has 170 valence electrons. The summed E-state index contributed by atoms with van der Waals surface area (Å²) in [5.74, 6) is -0.869. The summed E-state index contributed by atoms with van der Waals surface area (Å²) in [5.41, 5.74) is 0.311. The molecular weight excluding hydrogens is 364 g/mol. The van der Waals surface area contributed by atoms with E-state index in [4.69, 9.17) is 9.47 Å². The van der Waals surface area contributed by atoms with Crippen LogP contribution < -0.4 is 0 Å². The summed E-state index contributed by atoms with van der Waals surface area (Å²) in [7, 11) is 0. The normalized spacial score (nSPS) is 11.5. The number of rotatable bonds is 20. The molecule has 0 aromatic rings. The lowest BCUT2D eigenvalue weighted by Crippen LogP contribution is -2.10. The maximum atomic E-state index is 11.9. The summed E-state index contributed by atoms with van der Waals surface area (Å²) >= 11 is 0. The van der Waals surface area contributed by atoms with Crippen LogP contribution in [0.25, 0.3) is 0 Å². The molecule has 0 saturated carbocycles. The van der Waals surface area contributed by atoms with Crippen LogP contribution in [0, 0.1) is 0 Å². The fourth-order valence-electron chi connectivity index (χ4n) is 3.20. The zero-order valence-corrected chi connectivity index (χ0v) is 19.4. The van der Waals surface area contributed by atoms with Crippen molar-refractivity contribution in [2.75, 3.05) is 13.2 Å². The quantitative estimate of drug-likeness (QED) is 0.120. The van der Waals surface area contributed by atoms with Crippen molar-refractivity contribution < 1.29 is 19.1 Å². The van der Waals surface area contributed by atoms with Gasteiger partial charge in [-0.25, -0.2) is 9.59 Å². The smallest absolute Gasteiger partial charge is 0.333 e.